The highest BCUT2D eigenvalue weighted by molar-refractivity contribution is 5.67. The maximum Gasteiger partial charge on any atom is 0.305 e. The first-order chi connectivity index (χ1) is 9.85. The second-order valence-electron chi connectivity index (χ2n) is 6.43. The second-order valence-corrected chi connectivity index (χ2v) is 6.43. The van der Waals surface area contributed by atoms with Crippen molar-refractivity contribution >= 4 is 5.97 Å². The lowest BCUT2D eigenvalue weighted by Gasteiger charge is -2.47. The average Bonchev–Trinajstić information content (AvgIpc) is 2.39. The predicted molar refractivity (Wildman–Crippen MR) is 77.7 cm³/mol. The second kappa shape index (κ2) is 6.46. The van der Waals surface area contributed by atoms with Crippen LogP contribution in [0.15, 0.2) is 12.2 Å². The minimum absolute atomic E-state index is 0.0239. The van der Waals surface area contributed by atoms with Crippen molar-refractivity contribution in [3.05, 3.63) is 12.2 Å². The van der Waals surface area contributed by atoms with Crippen LogP contribution in [0.3, 0.4) is 0 Å². The van der Waals surface area contributed by atoms with Crippen LogP contribution in [-0.4, -0.2) is 40.3 Å². The van der Waals surface area contributed by atoms with Crippen LogP contribution in [0.2, 0.25) is 0 Å². The van der Waals surface area contributed by atoms with Gasteiger partial charge in [-0.05, 0) is 12.0 Å². The molecule has 5 nitrogen and oxygen atoms in total. The summed E-state index contributed by atoms with van der Waals surface area (Å²) < 4.78 is 12.1. The standard InChI is InChI=1S/C16H26O5/c1-4-10(2)15-11(3)5-6-16(21-15)9-12(17)7-13(20-16)8-14(18)19/h5-6,10-13,15,17H,4,7-9H2,1-3H3,(H,18,19)/t10?,11-,12-,13-,15+,16+/m0/s1. The van der Waals surface area contributed by atoms with Gasteiger partial charge in [0.05, 0.1) is 24.7 Å². The van der Waals surface area contributed by atoms with E-state index in [9.17, 15) is 9.90 Å². The Labute approximate surface area is 125 Å². The molecule has 0 amide bonds. The van der Waals surface area contributed by atoms with Crippen LogP contribution >= 0.6 is 0 Å². The molecule has 0 radical (unpaired) electrons. The van der Waals surface area contributed by atoms with Gasteiger partial charge < -0.3 is 19.7 Å². The lowest BCUT2D eigenvalue weighted by Crippen LogP contribution is -2.52. The van der Waals surface area contributed by atoms with E-state index in [0.29, 0.717) is 18.8 Å². The lowest BCUT2D eigenvalue weighted by atomic mass is 9.86. The molecule has 2 aliphatic heterocycles. The van der Waals surface area contributed by atoms with Crippen LogP contribution in [0.4, 0.5) is 0 Å². The number of aliphatic hydroxyl groups is 1. The van der Waals surface area contributed by atoms with Crippen molar-refractivity contribution in [1.29, 1.82) is 0 Å². The zero-order valence-corrected chi connectivity index (χ0v) is 13.0. The molecule has 0 saturated carbocycles. The summed E-state index contributed by atoms with van der Waals surface area (Å²) in [6, 6.07) is 0. The summed E-state index contributed by atoms with van der Waals surface area (Å²) in [4.78, 5) is 10.9. The topological polar surface area (TPSA) is 76.0 Å². The number of carboxylic acids is 1. The Morgan fingerprint density at radius 3 is 2.81 bits per heavy atom. The highest BCUT2D eigenvalue weighted by Gasteiger charge is 2.46. The van der Waals surface area contributed by atoms with Gasteiger partial charge >= 0.3 is 5.97 Å². The van der Waals surface area contributed by atoms with E-state index in [1.54, 1.807) is 0 Å². The van der Waals surface area contributed by atoms with Gasteiger partial charge in [0, 0.05) is 18.8 Å². The van der Waals surface area contributed by atoms with E-state index in [2.05, 4.69) is 26.8 Å². The normalized spacial score (nSPS) is 41.1. The highest BCUT2D eigenvalue weighted by Crippen LogP contribution is 2.40. The van der Waals surface area contributed by atoms with E-state index in [-0.39, 0.29) is 18.4 Å². The molecular weight excluding hydrogens is 272 g/mol. The molecule has 2 rings (SSSR count). The molecule has 0 aliphatic carbocycles. The molecule has 120 valence electrons. The van der Waals surface area contributed by atoms with E-state index >= 15 is 0 Å². The molecule has 2 aliphatic rings. The van der Waals surface area contributed by atoms with E-state index in [1.807, 2.05) is 6.08 Å². The summed E-state index contributed by atoms with van der Waals surface area (Å²) in [7, 11) is 0. The number of carbonyl (C=O) groups is 1. The van der Waals surface area contributed by atoms with Crippen molar-refractivity contribution in [2.24, 2.45) is 11.8 Å². The fourth-order valence-corrected chi connectivity index (χ4v) is 3.25. The van der Waals surface area contributed by atoms with Gasteiger partial charge in [0.25, 0.3) is 0 Å². The zero-order chi connectivity index (χ0) is 15.6. The Kier molecular flexibility index (Phi) is 5.07. The number of hydrogen-bond donors (Lipinski definition) is 2. The summed E-state index contributed by atoms with van der Waals surface area (Å²) in [5.74, 6) is -1.23. The van der Waals surface area contributed by atoms with Crippen molar-refractivity contribution < 1.29 is 24.5 Å². The summed E-state index contributed by atoms with van der Waals surface area (Å²) in [6.45, 7) is 6.37. The van der Waals surface area contributed by atoms with Crippen molar-refractivity contribution in [3.8, 4) is 0 Å². The number of aliphatic hydroxyl groups excluding tert-OH is 1. The van der Waals surface area contributed by atoms with Gasteiger partial charge in [-0.1, -0.05) is 33.3 Å². The molecule has 1 unspecified atom stereocenters. The average molecular weight is 298 g/mol. The number of carboxylic acid groups (broad SMARTS) is 1. The SMILES string of the molecule is CCC(C)[C@H]1O[C@]2(C=C[C@@H]1C)C[C@@H](O)C[C@@H](CC(=O)O)O2. The van der Waals surface area contributed by atoms with Crippen molar-refractivity contribution in [2.75, 3.05) is 0 Å². The first-order valence-corrected chi connectivity index (χ1v) is 7.80. The third-order valence-corrected chi connectivity index (χ3v) is 4.54. The molecule has 0 aromatic carbocycles. The molecular formula is C16H26O5. The largest absolute Gasteiger partial charge is 0.481 e. The number of hydrogen-bond acceptors (Lipinski definition) is 4. The molecule has 2 heterocycles. The Morgan fingerprint density at radius 1 is 1.48 bits per heavy atom. The van der Waals surface area contributed by atoms with E-state index in [4.69, 9.17) is 14.6 Å². The molecule has 5 heteroatoms. The van der Waals surface area contributed by atoms with Crippen molar-refractivity contribution in [3.63, 3.8) is 0 Å². The summed E-state index contributed by atoms with van der Waals surface area (Å²) in [5.41, 5.74) is 0. The monoisotopic (exact) mass is 298 g/mol. The third kappa shape index (κ3) is 3.84. The molecule has 6 atom stereocenters. The van der Waals surface area contributed by atoms with Crippen molar-refractivity contribution in [2.45, 2.75) is 70.6 Å². The minimum Gasteiger partial charge on any atom is -0.481 e. The van der Waals surface area contributed by atoms with E-state index < -0.39 is 24.0 Å². The zero-order valence-electron chi connectivity index (χ0n) is 13.0. The Balaban J connectivity index is 2.16. The molecule has 0 bridgehead atoms. The van der Waals surface area contributed by atoms with Crippen LogP contribution in [0.1, 0.15) is 46.5 Å². The summed E-state index contributed by atoms with van der Waals surface area (Å²) in [6.07, 6.45) is 4.42. The molecule has 1 spiro atoms. The fraction of sp³-hybridized carbons (Fsp3) is 0.812. The molecule has 2 N–H and O–H groups in total. The predicted octanol–water partition coefficient (Wildman–Crippen LogP) is 2.33. The highest BCUT2D eigenvalue weighted by atomic mass is 16.7. The first-order valence-electron chi connectivity index (χ1n) is 7.80. The third-order valence-electron chi connectivity index (χ3n) is 4.54. The summed E-state index contributed by atoms with van der Waals surface area (Å²) in [5, 5.41) is 19.0. The first kappa shape index (κ1) is 16.5. The Hall–Kier alpha value is -0.910. The number of aliphatic carboxylic acids is 1. The molecule has 1 saturated heterocycles. The van der Waals surface area contributed by atoms with Gasteiger partial charge in [-0.15, -0.1) is 0 Å². The Bertz CT molecular complexity index is 407. The minimum atomic E-state index is -0.974. The smallest absolute Gasteiger partial charge is 0.305 e. The van der Waals surface area contributed by atoms with Gasteiger partial charge in [0.15, 0.2) is 5.79 Å². The molecule has 21 heavy (non-hydrogen) atoms. The van der Waals surface area contributed by atoms with Gasteiger partial charge in [-0.2, -0.15) is 0 Å². The molecule has 0 aromatic rings. The van der Waals surface area contributed by atoms with Crippen LogP contribution < -0.4 is 0 Å². The number of ether oxygens (including phenoxy) is 2. The van der Waals surface area contributed by atoms with Crippen LogP contribution in [0.5, 0.6) is 0 Å². The fourth-order valence-electron chi connectivity index (χ4n) is 3.25. The van der Waals surface area contributed by atoms with Gasteiger partial charge in [-0.25, -0.2) is 0 Å². The van der Waals surface area contributed by atoms with Gasteiger partial charge in [0.2, 0.25) is 0 Å². The van der Waals surface area contributed by atoms with E-state index in [1.165, 1.54) is 0 Å². The van der Waals surface area contributed by atoms with Crippen LogP contribution in [0.25, 0.3) is 0 Å². The van der Waals surface area contributed by atoms with E-state index in [0.717, 1.165) is 6.42 Å². The Morgan fingerprint density at radius 2 is 2.19 bits per heavy atom. The maximum atomic E-state index is 10.9. The maximum absolute atomic E-state index is 10.9. The van der Waals surface area contributed by atoms with Gasteiger partial charge in [0.1, 0.15) is 0 Å². The molecule has 1 fully saturated rings. The quantitative estimate of drug-likeness (QED) is 0.779. The van der Waals surface area contributed by atoms with Crippen LogP contribution in [0, 0.1) is 11.8 Å². The lowest BCUT2D eigenvalue weighted by molar-refractivity contribution is -0.299. The van der Waals surface area contributed by atoms with Crippen LogP contribution in [-0.2, 0) is 14.3 Å². The number of rotatable bonds is 4. The summed E-state index contributed by atoms with van der Waals surface area (Å²) >= 11 is 0. The van der Waals surface area contributed by atoms with Gasteiger partial charge in [-0.3, -0.25) is 4.79 Å². The van der Waals surface area contributed by atoms with Crippen molar-refractivity contribution in [1.82, 2.24) is 0 Å². The molecule has 0 aromatic heterocycles.